The summed E-state index contributed by atoms with van der Waals surface area (Å²) in [6, 6.07) is 17.9. The Morgan fingerprint density at radius 1 is 1.02 bits per heavy atom. The van der Waals surface area contributed by atoms with Gasteiger partial charge in [0.05, 0.1) is 18.6 Å². The predicted molar refractivity (Wildman–Crippen MR) is 154 cm³/mol. The molecule has 1 aromatic heterocycles. The van der Waals surface area contributed by atoms with Gasteiger partial charge in [0, 0.05) is 32.0 Å². The lowest BCUT2D eigenvalue weighted by Gasteiger charge is -2.39. The summed E-state index contributed by atoms with van der Waals surface area (Å²) in [4.78, 5) is 31.4. The molecule has 42 heavy (non-hydrogen) atoms. The van der Waals surface area contributed by atoms with Crippen molar-refractivity contribution in [1.29, 1.82) is 0 Å². The van der Waals surface area contributed by atoms with Crippen molar-refractivity contribution in [1.82, 2.24) is 19.7 Å². The van der Waals surface area contributed by atoms with Crippen molar-refractivity contribution in [3.05, 3.63) is 90.3 Å². The number of carbonyl (C=O) groups is 2. The van der Waals surface area contributed by atoms with Gasteiger partial charge in [-0.05, 0) is 79.1 Å². The number of aromatic nitrogens is 1. The maximum absolute atomic E-state index is 14.0. The van der Waals surface area contributed by atoms with Crippen LogP contribution in [0.25, 0.3) is 0 Å². The fraction of sp³-hybridized carbons (Fsp3) is 0.367. The van der Waals surface area contributed by atoms with E-state index in [1.807, 2.05) is 30.3 Å². The number of piperidine rings is 1. The smallest absolute Gasteiger partial charge is 0.409 e. The number of methoxy groups -OCH3 is 1. The van der Waals surface area contributed by atoms with Gasteiger partial charge in [-0.1, -0.05) is 30.3 Å². The number of hydrogen-bond donors (Lipinski definition) is 2. The SMILES string of the molecule is COc1ccc(S(=O)(=O)N(Cc2ccncc2)[C@@H](C(=O)NO)C2CCN(C(=O)OCCCc3ccccc3)CC2)cc1. The lowest BCUT2D eigenvalue weighted by molar-refractivity contribution is -0.135. The summed E-state index contributed by atoms with van der Waals surface area (Å²) in [5.41, 5.74) is 3.46. The van der Waals surface area contributed by atoms with Crippen molar-refractivity contribution in [2.75, 3.05) is 26.8 Å². The van der Waals surface area contributed by atoms with E-state index in [1.165, 1.54) is 36.9 Å². The Kier molecular flexibility index (Phi) is 10.9. The molecule has 0 bridgehead atoms. The van der Waals surface area contributed by atoms with E-state index in [2.05, 4.69) is 4.98 Å². The average molecular weight is 597 g/mol. The summed E-state index contributed by atoms with van der Waals surface area (Å²) in [7, 11) is -2.74. The van der Waals surface area contributed by atoms with Gasteiger partial charge >= 0.3 is 6.09 Å². The monoisotopic (exact) mass is 596 g/mol. The number of rotatable bonds is 12. The highest BCUT2D eigenvalue weighted by Gasteiger charge is 2.42. The van der Waals surface area contributed by atoms with E-state index in [9.17, 15) is 23.2 Å². The molecule has 0 saturated carbocycles. The van der Waals surface area contributed by atoms with Crippen LogP contribution in [-0.4, -0.2) is 72.7 Å². The molecule has 1 saturated heterocycles. The number of nitrogens with one attached hydrogen (secondary N) is 1. The molecule has 2 aromatic carbocycles. The summed E-state index contributed by atoms with van der Waals surface area (Å²) >= 11 is 0. The number of sulfonamides is 1. The predicted octanol–water partition coefficient (Wildman–Crippen LogP) is 3.64. The molecule has 0 unspecified atom stereocenters. The van der Waals surface area contributed by atoms with Crippen molar-refractivity contribution in [2.24, 2.45) is 5.92 Å². The van der Waals surface area contributed by atoms with Crippen LogP contribution in [0, 0.1) is 5.92 Å². The Morgan fingerprint density at radius 2 is 1.69 bits per heavy atom. The lowest BCUT2D eigenvalue weighted by Crippen LogP contribution is -2.55. The first-order valence-corrected chi connectivity index (χ1v) is 15.2. The quantitative estimate of drug-likeness (QED) is 0.184. The molecule has 0 spiro atoms. The number of likely N-dealkylation sites (tertiary alicyclic amines) is 1. The van der Waals surface area contributed by atoms with Gasteiger partial charge in [-0.3, -0.25) is 15.0 Å². The summed E-state index contributed by atoms with van der Waals surface area (Å²) in [6.07, 6.45) is 4.80. The normalized spacial score (nSPS) is 14.8. The molecule has 0 aliphatic carbocycles. The molecule has 2 N–H and O–H groups in total. The van der Waals surface area contributed by atoms with Crippen LogP contribution >= 0.6 is 0 Å². The Bertz CT molecular complexity index is 1400. The van der Waals surface area contributed by atoms with E-state index in [4.69, 9.17) is 9.47 Å². The molecule has 224 valence electrons. The lowest BCUT2D eigenvalue weighted by atomic mass is 9.88. The third kappa shape index (κ3) is 7.84. The van der Waals surface area contributed by atoms with Gasteiger partial charge < -0.3 is 14.4 Å². The minimum absolute atomic E-state index is 0.0235. The topological polar surface area (TPSA) is 138 Å². The van der Waals surface area contributed by atoms with Gasteiger partial charge in [-0.25, -0.2) is 18.7 Å². The largest absolute Gasteiger partial charge is 0.497 e. The standard InChI is InChI=1S/C30H36N4O7S/c1-40-26-9-11-27(12-10-26)42(38,39)34(22-24-13-17-31-18-14-24)28(29(35)32-37)25-15-19-33(20-16-25)30(36)41-21-5-8-23-6-3-2-4-7-23/h2-4,6-7,9-14,17-18,25,28,37H,5,8,15-16,19-22H2,1H3,(H,32,35)/t28-/m1/s1. The first-order chi connectivity index (χ1) is 20.3. The van der Waals surface area contributed by atoms with Crippen LogP contribution in [0.2, 0.25) is 0 Å². The van der Waals surface area contributed by atoms with Crippen LogP contribution in [0.15, 0.2) is 84.0 Å². The van der Waals surface area contributed by atoms with Crippen LogP contribution in [0.5, 0.6) is 5.75 Å². The second-order valence-corrected chi connectivity index (χ2v) is 11.9. The van der Waals surface area contributed by atoms with Gasteiger partial charge in [0.1, 0.15) is 11.8 Å². The number of aryl methyl sites for hydroxylation is 1. The number of carbonyl (C=O) groups excluding carboxylic acids is 2. The second-order valence-electron chi connectivity index (χ2n) is 10.0. The van der Waals surface area contributed by atoms with Crippen molar-refractivity contribution in [3.8, 4) is 5.75 Å². The fourth-order valence-corrected chi connectivity index (χ4v) is 6.74. The number of pyridine rings is 1. The molecular formula is C30H36N4O7S. The second kappa shape index (κ2) is 14.8. The van der Waals surface area contributed by atoms with E-state index in [-0.39, 0.29) is 31.1 Å². The summed E-state index contributed by atoms with van der Waals surface area (Å²) in [5.74, 6) is -0.837. The highest BCUT2D eigenvalue weighted by Crippen LogP contribution is 2.31. The zero-order valence-corrected chi connectivity index (χ0v) is 24.3. The van der Waals surface area contributed by atoms with Gasteiger partial charge in [-0.2, -0.15) is 4.31 Å². The molecule has 1 aliphatic heterocycles. The van der Waals surface area contributed by atoms with Crippen LogP contribution in [0.4, 0.5) is 4.79 Å². The number of nitrogens with zero attached hydrogens (tertiary/aromatic N) is 3. The highest BCUT2D eigenvalue weighted by atomic mass is 32.2. The molecule has 12 heteroatoms. The Morgan fingerprint density at radius 3 is 2.31 bits per heavy atom. The van der Waals surface area contributed by atoms with Crippen molar-refractivity contribution in [3.63, 3.8) is 0 Å². The number of amides is 2. The van der Waals surface area contributed by atoms with Crippen molar-refractivity contribution < 1.29 is 32.7 Å². The van der Waals surface area contributed by atoms with E-state index in [1.54, 1.807) is 34.9 Å². The Labute approximate surface area is 246 Å². The summed E-state index contributed by atoms with van der Waals surface area (Å²) < 4.78 is 39.7. The van der Waals surface area contributed by atoms with Crippen LogP contribution in [0.1, 0.15) is 30.4 Å². The Hall–Kier alpha value is -4.00. The molecule has 11 nitrogen and oxygen atoms in total. The summed E-state index contributed by atoms with van der Waals surface area (Å²) in [6.45, 7) is 0.716. The Balaban J connectivity index is 1.47. The van der Waals surface area contributed by atoms with E-state index in [0.29, 0.717) is 30.6 Å². The molecule has 3 aromatic rings. The molecule has 1 aliphatic rings. The minimum atomic E-state index is -4.22. The number of ether oxygens (including phenoxy) is 2. The molecule has 2 heterocycles. The summed E-state index contributed by atoms with van der Waals surface area (Å²) in [5, 5.41) is 9.67. The number of hydroxylamine groups is 1. The van der Waals surface area contributed by atoms with E-state index in [0.717, 1.165) is 10.7 Å². The zero-order chi connectivity index (χ0) is 30.0. The number of hydrogen-bond acceptors (Lipinski definition) is 8. The molecule has 1 fully saturated rings. The number of benzene rings is 2. The molecule has 2 amide bonds. The van der Waals surface area contributed by atoms with Gasteiger partial charge in [-0.15, -0.1) is 0 Å². The van der Waals surface area contributed by atoms with E-state index < -0.39 is 34.0 Å². The van der Waals surface area contributed by atoms with Crippen LogP contribution < -0.4 is 10.2 Å². The minimum Gasteiger partial charge on any atom is -0.497 e. The van der Waals surface area contributed by atoms with Gasteiger partial charge in [0.2, 0.25) is 10.0 Å². The molecular weight excluding hydrogens is 560 g/mol. The van der Waals surface area contributed by atoms with Crippen molar-refractivity contribution in [2.45, 2.75) is 43.2 Å². The highest BCUT2D eigenvalue weighted by molar-refractivity contribution is 7.89. The first-order valence-electron chi connectivity index (χ1n) is 13.8. The van der Waals surface area contributed by atoms with Gasteiger partial charge in [0.15, 0.2) is 0 Å². The third-order valence-corrected chi connectivity index (χ3v) is 9.21. The maximum Gasteiger partial charge on any atom is 0.409 e. The molecule has 0 radical (unpaired) electrons. The first kappa shape index (κ1) is 30.9. The molecule has 1 atom stereocenters. The zero-order valence-electron chi connectivity index (χ0n) is 23.5. The van der Waals surface area contributed by atoms with E-state index >= 15 is 0 Å². The maximum atomic E-state index is 14.0. The van der Waals surface area contributed by atoms with Gasteiger partial charge in [0.25, 0.3) is 5.91 Å². The average Bonchev–Trinajstić information content (AvgIpc) is 3.03. The van der Waals surface area contributed by atoms with Crippen LogP contribution in [-0.2, 0) is 32.5 Å². The third-order valence-electron chi connectivity index (χ3n) is 7.37. The van der Waals surface area contributed by atoms with Crippen molar-refractivity contribution >= 4 is 22.0 Å². The van der Waals surface area contributed by atoms with Crippen LogP contribution in [0.3, 0.4) is 0 Å². The molecule has 4 rings (SSSR count). The fourth-order valence-electron chi connectivity index (χ4n) is 5.10.